The van der Waals surface area contributed by atoms with Crippen molar-refractivity contribution in [3.05, 3.63) is 33.8 Å². The summed E-state index contributed by atoms with van der Waals surface area (Å²) in [5, 5.41) is 7.79. The van der Waals surface area contributed by atoms with Crippen molar-refractivity contribution in [2.24, 2.45) is 0 Å². The van der Waals surface area contributed by atoms with Crippen LogP contribution < -0.4 is 5.69 Å². The van der Waals surface area contributed by atoms with E-state index in [1.165, 1.54) is 9.36 Å². The summed E-state index contributed by atoms with van der Waals surface area (Å²) >= 11 is 0. The van der Waals surface area contributed by atoms with Crippen LogP contribution in [0.2, 0.25) is 0 Å². The van der Waals surface area contributed by atoms with Crippen molar-refractivity contribution in [1.29, 1.82) is 0 Å². The first-order chi connectivity index (χ1) is 10.4. The van der Waals surface area contributed by atoms with Gasteiger partial charge < -0.3 is 0 Å². The average molecular weight is 315 g/mol. The van der Waals surface area contributed by atoms with E-state index in [1.54, 1.807) is 11.5 Å². The Labute approximate surface area is 124 Å². The van der Waals surface area contributed by atoms with Crippen LogP contribution in [0.1, 0.15) is 37.0 Å². The van der Waals surface area contributed by atoms with Gasteiger partial charge in [-0.3, -0.25) is 9.25 Å². The van der Waals surface area contributed by atoms with E-state index < -0.39 is 11.9 Å². The summed E-state index contributed by atoms with van der Waals surface area (Å²) in [6.07, 6.45) is -1.87. The summed E-state index contributed by atoms with van der Waals surface area (Å²) in [7, 11) is 0. The van der Waals surface area contributed by atoms with Crippen LogP contribution in [0.3, 0.4) is 0 Å². The molecule has 3 rings (SSSR count). The van der Waals surface area contributed by atoms with E-state index in [0.29, 0.717) is 24.6 Å². The van der Waals surface area contributed by atoms with Crippen molar-refractivity contribution in [2.45, 2.75) is 52.0 Å². The zero-order valence-electron chi connectivity index (χ0n) is 12.1. The van der Waals surface area contributed by atoms with Crippen molar-refractivity contribution < 1.29 is 13.2 Å². The predicted octanol–water partition coefficient (Wildman–Crippen LogP) is 1.66. The van der Waals surface area contributed by atoms with Gasteiger partial charge in [0.15, 0.2) is 5.69 Å². The summed E-state index contributed by atoms with van der Waals surface area (Å²) in [5.74, 6) is 0.704. The molecule has 9 heteroatoms. The molecule has 0 saturated heterocycles. The molecule has 6 nitrogen and oxygen atoms in total. The van der Waals surface area contributed by atoms with Gasteiger partial charge in [0.25, 0.3) is 0 Å². The first kappa shape index (κ1) is 14.9. The van der Waals surface area contributed by atoms with Crippen LogP contribution in [0.5, 0.6) is 0 Å². The second-order valence-corrected chi connectivity index (χ2v) is 5.30. The maximum Gasteiger partial charge on any atom is 0.435 e. The molecule has 0 aliphatic carbocycles. The van der Waals surface area contributed by atoms with Gasteiger partial charge in [0.1, 0.15) is 5.82 Å². The molecule has 0 aromatic carbocycles. The quantitative estimate of drug-likeness (QED) is 0.865. The molecule has 2 aromatic rings. The third-order valence-corrected chi connectivity index (χ3v) is 3.80. The highest BCUT2D eigenvalue weighted by Gasteiger charge is 2.35. The minimum Gasteiger partial charge on any atom is -0.279 e. The lowest BCUT2D eigenvalue weighted by atomic mass is 10.2. The molecule has 0 N–H and O–H groups in total. The molecule has 0 spiro atoms. The van der Waals surface area contributed by atoms with Gasteiger partial charge in [-0.2, -0.15) is 23.4 Å². The molecule has 120 valence electrons. The van der Waals surface area contributed by atoms with E-state index in [2.05, 4.69) is 10.2 Å². The van der Waals surface area contributed by atoms with Crippen LogP contribution in [0.25, 0.3) is 0 Å². The van der Waals surface area contributed by atoms with E-state index in [9.17, 15) is 18.0 Å². The number of aromatic nitrogens is 5. The Kier molecular flexibility index (Phi) is 3.57. The Morgan fingerprint density at radius 2 is 2.00 bits per heavy atom. The molecule has 0 unspecified atom stereocenters. The standard InChI is InChI=1S/C13H16F3N5O/c1-2-20-9(7-10(17-20)13(14,15)16)8-21-12(22)19-6-4-3-5-11(19)18-21/h7H,2-6,8H2,1H3. The highest BCUT2D eigenvalue weighted by molar-refractivity contribution is 5.13. The molecule has 1 aliphatic rings. The molecular formula is C13H16F3N5O. The molecule has 0 fully saturated rings. The fourth-order valence-electron chi connectivity index (χ4n) is 2.70. The second-order valence-electron chi connectivity index (χ2n) is 5.30. The first-order valence-electron chi connectivity index (χ1n) is 7.20. The summed E-state index contributed by atoms with van der Waals surface area (Å²) in [5.41, 5.74) is -0.888. The minimum absolute atomic E-state index is 0.00421. The maximum absolute atomic E-state index is 12.8. The summed E-state index contributed by atoms with van der Waals surface area (Å²) < 4.78 is 42.4. The van der Waals surface area contributed by atoms with Crippen molar-refractivity contribution in [3.63, 3.8) is 0 Å². The van der Waals surface area contributed by atoms with Crippen molar-refractivity contribution in [3.8, 4) is 0 Å². The van der Waals surface area contributed by atoms with Gasteiger partial charge in [-0.05, 0) is 25.8 Å². The van der Waals surface area contributed by atoms with Crippen molar-refractivity contribution >= 4 is 0 Å². The van der Waals surface area contributed by atoms with Gasteiger partial charge >= 0.3 is 11.9 Å². The normalized spacial score (nSPS) is 15.1. The number of nitrogens with zero attached hydrogens (tertiary/aromatic N) is 5. The van der Waals surface area contributed by atoms with Gasteiger partial charge in [0.2, 0.25) is 0 Å². The maximum atomic E-state index is 12.8. The van der Waals surface area contributed by atoms with Gasteiger partial charge in [-0.15, -0.1) is 0 Å². The monoisotopic (exact) mass is 315 g/mol. The average Bonchev–Trinajstić information content (AvgIpc) is 3.02. The van der Waals surface area contributed by atoms with Crippen LogP contribution >= 0.6 is 0 Å². The largest absolute Gasteiger partial charge is 0.435 e. The SMILES string of the molecule is CCn1nc(C(F)(F)F)cc1Cn1nc2n(c1=O)CCCC2. The van der Waals surface area contributed by atoms with Crippen molar-refractivity contribution in [1.82, 2.24) is 24.1 Å². The lowest BCUT2D eigenvalue weighted by Crippen LogP contribution is -2.27. The van der Waals surface area contributed by atoms with Crippen molar-refractivity contribution in [2.75, 3.05) is 0 Å². The van der Waals surface area contributed by atoms with Gasteiger partial charge in [0, 0.05) is 19.5 Å². The highest BCUT2D eigenvalue weighted by atomic mass is 19.4. The van der Waals surface area contributed by atoms with Crippen LogP contribution in [-0.2, 0) is 32.2 Å². The summed E-state index contributed by atoms with van der Waals surface area (Å²) in [4.78, 5) is 12.2. The Morgan fingerprint density at radius 3 is 2.64 bits per heavy atom. The second kappa shape index (κ2) is 5.29. The number of fused-ring (bicyclic) bond motifs is 1. The molecule has 1 aliphatic heterocycles. The van der Waals surface area contributed by atoms with Crippen LogP contribution in [-0.4, -0.2) is 24.1 Å². The Hall–Kier alpha value is -2.06. The molecule has 22 heavy (non-hydrogen) atoms. The number of hydrogen-bond donors (Lipinski definition) is 0. The zero-order valence-corrected chi connectivity index (χ0v) is 12.1. The summed E-state index contributed by atoms with van der Waals surface area (Å²) in [6, 6.07) is 0.980. The fraction of sp³-hybridized carbons (Fsp3) is 0.615. The third kappa shape index (κ3) is 2.55. The number of rotatable bonds is 3. The topological polar surface area (TPSA) is 57.6 Å². The van der Waals surface area contributed by atoms with E-state index in [-0.39, 0.29) is 12.2 Å². The van der Waals surface area contributed by atoms with Crippen LogP contribution in [0.15, 0.2) is 10.9 Å². The lowest BCUT2D eigenvalue weighted by Gasteiger charge is -2.09. The molecule has 0 saturated carbocycles. The predicted molar refractivity (Wildman–Crippen MR) is 71.4 cm³/mol. The molecule has 2 aromatic heterocycles. The fourth-order valence-corrected chi connectivity index (χ4v) is 2.70. The van der Waals surface area contributed by atoms with Gasteiger partial charge in [0.05, 0.1) is 12.2 Å². The molecule has 3 heterocycles. The number of hydrogen-bond acceptors (Lipinski definition) is 3. The lowest BCUT2D eigenvalue weighted by molar-refractivity contribution is -0.141. The molecular weight excluding hydrogens is 299 g/mol. The van der Waals surface area contributed by atoms with E-state index in [1.807, 2.05) is 0 Å². The first-order valence-corrected chi connectivity index (χ1v) is 7.20. The number of aryl methyl sites for hydroxylation is 2. The third-order valence-electron chi connectivity index (χ3n) is 3.80. The van der Waals surface area contributed by atoms with E-state index in [4.69, 9.17) is 0 Å². The minimum atomic E-state index is -4.49. The Balaban J connectivity index is 1.95. The summed E-state index contributed by atoms with van der Waals surface area (Å²) in [6.45, 7) is 2.62. The van der Waals surface area contributed by atoms with E-state index >= 15 is 0 Å². The van der Waals surface area contributed by atoms with Crippen LogP contribution in [0, 0.1) is 0 Å². The zero-order chi connectivity index (χ0) is 15.9. The molecule has 0 radical (unpaired) electrons. The number of halogens is 3. The Morgan fingerprint density at radius 1 is 1.23 bits per heavy atom. The Bertz CT molecular complexity index is 740. The smallest absolute Gasteiger partial charge is 0.279 e. The van der Waals surface area contributed by atoms with Gasteiger partial charge in [-0.25, -0.2) is 9.48 Å². The van der Waals surface area contributed by atoms with Gasteiger partial charge in [-0.1, -0.05) is 0 Å². The molecule has 0 bridgehead atoms. The van der Waals surface area contributed by atoms with E-state index in [0.717, 1.165) is 25.3 Å². The number of alkyl halides is 3. The van der Waals surface area contributed by atoms with Crippen LogP contribution in [0.4, 0.5) is 13.2 Å². The highest BCUT2D eigenvalue weighted by Crippen LogP contribution is 2.28. The molecule has 0 atom stereocenters. The molecule has 0 amide bonds.